The smallest absolute Gasteiger partial charge is 0.418 e. The summed E-state index contributed by atoms with van der Waals surface area (Å²) in [5, 5.41) is 9.62. The van der Waals surface area contributed by atoms with Crippen molar-refractivity contribution in [3.8, 4) is 16.9 Å². The van der Waals surface area contributed by atoms with Crippen molar-refractivity contribution in [2.75, 3.05) is 97.0 Å². The van der Waals surface area contributed by atoms with Gasteiger partial charge < -0.3 is 29.5 Å². The fraction of sp³-hybridized carbons (Fsp3) is 0.500. The number of carbonyl (C=O) groups is 4. The van der Waals surface area contributed by atoms with Crippen LogP contribution in [0.5, 0.6) is 5.75 Å². The maximum absolute atomic E-state index is 13.9. The van der Waals surface area contributed by atoms with Crippen molar-refractivity contribution in [1.82, 2.24) is 34.9 Å². The number of alkyl halides is 3. The lowest BCUT2D eigenvalue weighted by atomic mass is 9.77. The lowest BCUT2D eigenvalue weighted by Crippen LogP contribution is -2.51. The van der Waals surface area contributed by atoms with E-state index in [1.807, 2.05) is 30.0 Å². The van der Waals surface area contributed by atoms with Crippen molar-refractivity contribution in [1.29, 1.82) is 0 Å². The molecule has 5 aromatic rings. The maximum atomic E-state index is 13.9. The third kappa shape index (κ3) is 12.6. The summed E-state index contributed by atoms with van der Waals surface area (Å²) in [6.07, 6.45) is -0.189. The monoisotopic (exact) mass is 1090 g/mol. The molecule has 2 aromatic heterocycles. The Morgan fingerprint density at radius 3 is 2.38 bits per heavy atom. The van der Waals surface area contributed by atoms with E-state index in [0.717, 1.165) is 124 Å². The summed E-state index contributed by atoms with van der Waals surface area (Å²) in [5.41, 5.74) is 3.82. The number of anilines is 2. The number of piperidine rings is 1. The fourth-order valence-corrected chi connectivity index (χ4v) is 12.4. The Morgan fingerprint density at radius 1 is 0.934 bits per heavy atom. The zero-order valence-corrected chi connectivity index (χ0v) is 45.4. The van der Waals surface area contributed by atoms with Gasteiger partial charge in [-0.25, -0.2) is 14.8 Å². The molecular weight excluding hydrogens is 1020 g/mol. The van der Waals surface area contributed by atoms with Gasteiger partial charge in [0.2, 0.25) is 11.8 Å². The molecule has 20 heteroatoms. The lowest BCUT2D eigenvalue weighted by Gasteiger charge is -2.38. The third-order valence-electron chi connectivity index (χ3n) is 15.3. The van der Waals surface area contributed by atoms with Gasteiger partial charge in [0, 0.05) is 110 Å². The van der Waals surface area contributed by atoms with Crippen LogP contribution in [0.15, 0.2) is 60.0 Å². The molecule has 5 heterocycles. The molecule has 3 aliphatic heterocycles. The highest BCUT2D eigenvalue weighted by Gasteiger charge is 2.39. The van der Waals surface area contributed by atoms with Crippen LogP contribution in [0.4, 0.5) is 29.5 Å². The predicted molar refractivity (Wildman–Crippen MR) is 289 cm³/mol. The van der Waals surface area contributed by atoms with Crippen LogP contribution in [0.3, 0.4) is 0 Å². The Morgan fingerprint density at radius 2 is 1.68 bits per heavy atom. The van der Waals surface area contributed by atoms with Crippen LogP contribution >= 0.6 is 22.9 Å². The van der Waals surface area contributed by atoms with E-state index in [1.54, 1.807) is 23.3 Å². The Bertz CT molecular complexity index is 2930. The van der Waals surface area contributed by atoms with Gasteiger partial charge >= 0.3 is 12.2 Å². The Kier molecular flexibility index (Phi) is 17.2. The van der Waals surface area contributed by atoms with Gasteiger partial charge in [-0.1, -0.05) is 23.7 Å². The highest BCUT2D eigenvalue weighted by Crippen LogP contribution is 2.44. The van der Waals surface area contributed by atoms with Gasteiger partial charge in [0.05, 0.1) is 36.5 Å². The van der Waals surface area contributed by atoms with Gasteiger partial charge in [0.15, 0.2) is 0 Å². The molecule has 76 heavy (non-hydrogen) atoms. The summed E-state index contributed by atoms with van der Waals surface area (Å²) in [6, 6.07) is 14.6. The number of thiophene rings is 1. The van der Waals surface area contributed by atoms with Crippen LogP contribution in [0, 0.1) is 18.8 Å². The number of methoxy groups -OCH3 is 1. The molecule has 406 valence electrons. The molecule has 2 N–H and O–H groups in total. The molecular formula is C56H67ClF3N9O6S. The normalized spacial score (nSPS) is 19.6. The van der Waals surface area contributed by atoms with E-state index in [1.165, 1.54) is 5.56 Å². The molecule has 1 saturated carbocycles. The molecule has 9 rings (SSSR count). The minimum Gasteiger partial charge on any atom is -0.496 e. The molecule has 1 aliphatic carbocycles. The van der Waals surface area contributed by atoms with E-state index in [0.29, 0.717) is 58.1 Å². The molecule has 0 spiro atoms. The molecule has 15 nitrogen and oxygen atoms in total. The first kappa shape index (κ1) is 54.9. The number of aromatic nitrogens is 2. The first-order valence-electron chi connectivity index (χ1n) is 26.3. The number of urea groups is 1. The lowest BCUT2D eigenvalue weighted by molar-refractivity contribution is -0.138. The number of piperazine rings is 1. The highest BCUT2D eigenvalue weighted by atomic mass is 35.5. The van der Waals surface area contributed by atoms with Crippen LogP contribution in [-0.2, 0) is 27.0 Å². The van der Waals surface area contributed by atoms with Gasteiger partial charge in [-0.3, -0.25) is 29.5 Å². The zero-order valence-electron chi connectivity index (χ0n) is 43.8. The summed E-state index contributed by atoms with van der Waals surface area (Å²) in [6.45, 7) is 10.2. The summed E-state index contributed by atoms with van der Waals surface area (Å²) in [7, 11) is 5.82. The predicted octanol–water partition coefficient (Wildman–Crippen LogP) is 10.0. The van der Waals surface area contributed by atoms with Crippen molar-refractivity contribution in [3.63, 3.8) is 0 Å². The summed E-state index contributed by atoms with van der Waals surface area (Å²) >= 11 is 8.48. The van der Waals surface area contributed by atoms with Gasteiger partial charge in [0.1, 0.15) is 17.4 Å². The van der Waals surface area contributed by atoms with E-state index < -0.39 is 35.3 Å². The standard InChI is InChI=1S/C56H67ClF3N9O6S/c1-34(49-28-41(33-76-49)51-40(31-65(3)4)7-6-8-45(51)57)61-52-43-29-42(48(74-5)30-46(43)62-35(2)63-52)37-9-11-38(12-10-37)53(71)68-23-21-66(22-24-68)25-26-75-32-36-15-18-67(19-16-36)54(72)39-13-14-44(56(58,59)60)47(27-39)69-20-17-50(70)64-55(69)73/h6-8,13-14,27-30,33-34,36-38H,9-12,15-26,31-32H2,1-5H3,(H,61,62,63)(H,64,70,73)/t34-,37?,38?/m1/s1. The zero-order chi connectivity index (χ0) is 53.8. The van der Waals surface area contributed by atoms with Crippen LogP contribution in [0.2, 0.25) is 5.02 Å². The summed E-state index contributed by atoms with van der Waals surface area (Å²) in [5.74, 6) is 1.92. The van der Waals surface area contributed by atoms with E-state index in [2.05, 4.69) is 65.0 Å². The SMILES string of the molecule is COc1cc2nc(C)nc(N[C@H](C)c3cc(-c4c(Cl)cccc4CN(C)C)cs3)c2cc1C1CCC(C(=O)N2CCN(CCOCC3CCN(C(=O)c4ccc(C(F)(F)F)c(N5CCC(=O)NC5=O)c4)CC3)CC2)CC1. The average molecular weight is 1090 g/mol. The van der Waals surface area contributed by atoms with Crippen LogP contribution in [0.25, 0.3) is 22.0 Å². The number of hydrogen-bond donors (Lipinski definition) is 2. The van der Waals surface area contributed by atoms with Crippen LogP contribution < -0.4 is 20.3 Å². The number of benzene rings is 3. The topological polar surface area (TPSA) is 153 Å². The third-order valence-corrected chi connectivity index (χ3v) is 16.8. The number of ether oxygens (including phenoxy) is 2. The maximum Gasteiger partial charge on any atom is 0.418 e. The van der Waals surface area contributed by atoms with Crippen molar-refractivity contribution in [3.05, 3.63) is 98.0 Å². The number of nitrogens with zero attached hydrogens (tertiary/aromatic N) is 7. The van der Waals surface area contributed by atoms with Crippen molar-refractivity contribution in [2.24, 2.45) is 11.8 Å². The van der Waals surface area contributed by atoms with E-state index in [9.17, 15) is 32.3 Å². The Hall–Kier alpha value is -5.86. The minimum atomic E-state index is -4.77. The molecule has 4 fully saturated rings. The highest BCUT2D eigenvalue weighted by molar-refractivity contribution is 7.10. The molecule has 4 aliphatic rings. The number of imide groups is 1. The Balaban J connectivity index is 0.721. The first-order valence-corrected chi connectivity index (χ1v) is 27.5. The largest absolute Gasteiger partial charge is 0.496 e. The van der Waals surface area contributed by atoms with Crippen LogP contribution in [0.1, 0.15) is 102 Å². The molecule has 3 aromatic carbocycles. The van der Waals surface area contributed by atoms with Gasteiger partial charge in [0.25, 0.3) is 5.91 Å². The number of halogens is 4. The van der Waals surface area contributed by atoms with E-state index >= 15 is 0 Å². The second kappa shape index (κ2) is 23.8. The molecule has 1 atom stereocenters. The molecule has 0 bridgehead atoms. The van der Waals surface area contributed by atoms with Crippen molar-refractivity contribution < 1.29 is 41.8 Å². The van der Waals surface area contributed by atoms with Crippen molar-refractivity contribution >= 4 is 69.1 Å². The Labute approximate surface area is 451 Å². The van der Waals surface area contributed by atoms with E-state index in [-0.39, 0.29) is 48.2 Å². The number of rotatable bonds is 16. The van der Waals surface area contributed by atoms with Crippen LogP contribution in [-0.4, -0.2) is 140 Å². The number of hydrogen-bond acceptors (Lipinski definition) is 12. The van der Waals surface area contributed by atoms with Gasteiger partial charge in [-0.2, -0.15) is 13.2 Å². The summed E-state index contributed by atoms with van der Waals surface area (Å²) in [4.78, 5) is 71.4. The molecule has 0 radical (unpaired) electrons. The van der Waals surface area contributed by atoms with E-state index in [4.69, 9.17) is 31.0 Å². The van der Waals surface area contributed by atoms with Gasteiger partial charge in [-0.15, -0.1) is 11.3 Å². The molecule has 3 saturated heterocycles. The average Bonchev–Trinajstić information content (AvgIpc) is 3.90. The fourth-order valence-electron chi connectivity index (χ4n) is 11.2. The van der Waals surface area contributed by atoms with Gasteiger partial charge in [-0.05, 0) is 137 Å². The number of amides is 5. The number of aryl methyl sites for hydroxylation is 1. The number of nitrogens with one attached hydrogen (secondary N) is 2. The summed E-state index contributed by atoms with van der Waals surface area (Å²) < 4.78 is 53.9. The van der Waals surface area contributed by atoms with Crippen molar-refractivity contribution in [2.45, 2.75) is 83.5 Å². The first-order chi connectivity index (χ1) is 36.4. The number of fused-ring (bicyclic) bond motifs is 1. The molecule has 0 unspecified atom stereocenters. The second-order valence-electron chi connectivity index (χ2n) is 20.9. The number of likely N-dealkylation sites (tertiary alicyclic amines) is 1. The minimum absolute atomic E-state index is 0.0213. The number of carbonyl (C=O) groups excluding carboxylic acids is 4. The molecule has 5 amide bonds. The second-order valence-corrected chi connectivity index (χ2v) is 22.2. The quantitative estimate of drug-likeness (QED) is 0.0909.